The molecule has 1 fully saturated rings. The molecule has 0 radical (unpaired) electrons. The second-order valence-corrected chi connectivity index (χ2v) is 4.43. The molecule has 0 bridgehead atoms. The molecule has 0 aliphatic carbocycles. The number of hydrogen-bond donors (Lipinski definition) is 1. The lowest BCUT2D eigenvalue weighted by molar-refractivity contribution is 0.449. The summed E-state index contributed by atoms with van der Waals surface area (Å²) in [5, 5.41) is 4.40. The van der Waals surface area contributed by atoms with Crippen molar-refractivity contribution in [3.63, 3.8) is 0 Å². The molecule has 4 nitrogen and oxygen atoms in total. The minimum Gasteiger partial charge on any atom is -0.345 e. The Morgan fingerprint density at radius 3 is 3.07 bits per heavy atom. The Labute approximate surface area is 88.5 Å². The van der Waals surface area contributed by atoms with Crippen LogP contribution in [-0.2, 0) is 0 Å². The van der Waals surface area contributed by atoms with Crippen LogP contribution in [0, 0.1) is 6.92 Å². The largest absolute Gasteiger partial charge is 0.345 e. The summed E-state index contributed by atoms with van der Waals surface area (Å²) in [4.78, 5) is 6.74. The molecule has 0 saturated carbocycles. The molecule has 14 heavy (non-hydrogen) atoms. The summed E-state index contributed by atoms with van der Waals surface area (Å²) in [6.45, 7) is 4.12. The molecule has 5 heteroatoms. The van der Waals surface area contributed by atoms with E-state index in [-0.39, 0.29) is 0 Å². The normalized spacial score (nSPS) is 22.7. The van der Waals surface area contributed by atoms with Gasteiger partial charge in [-0.3, -0.25) is 0 Å². The smallest absolute Gasteiger partial charge is 0.205 e. The van der Waals surface area contributed by atoms with Gasteiger partial charge in [0.25, 0.3) is 0 Å². The quantitative estimate of drug-likeness (QED) is 0.795. The van der Waals surface area contributed by atoms with Gasteiger partial charge in [-0.05, 0) is 26.8 Å². The molecule has 1 aromatic heterocycles. The van der Waals surface area contributed by atoms with Crippen LogP contribution in [0.1, 0.15) is 18.7 Å². The lowest BCUT2D eigenvalue weighted by Gasteiger charge is -2.31. The van der Waals surface area contributed by atoms with Gasteiger partial charge in [-0.15, -0.1) is 0 Å². The molecule has 1 aliphatic heterocycles. The van der Waals surface area contributed by atoms with Crippen molar-refractivity contribution in [3.05, 3.63) is 5.82 Å². The van der Waals surface area contributed by atoms with Crippen LogP contribution in [0.15, 0.2) is 0 Å². The third-order valence-corrected chi connectivity index (χ3v) is 3.49. The lowest BCUT2D eigenvalue weighted by Crippen LogP contribution is -2.44. The highest BCUT2D eigenvalue weighted by atomic mass is 32.1. The van der Waals surface area contributed by atoms with Crippen LogP contribution >= 0.6 is 11.5 Å². The Morgan fingerprint density at radius 1 is 1.57 bits per heavy atom. The van der Waals surface area contributed by atoms with Gasteiger partial charge < -0.3 is 10.2 Å². The highest BCUT2D eigenvalue weighted by Gasteiger charge is 2.20. The van der Waals surface area contributed by atoms with Crippen molar-refractivity contribution in [2.24, 2.45) is 0 Å². The van der Waals surface area contributed by atoms with Gasteiger partial charge >= 0.3 is 0 Å². The maximum atomic E-state index is 4.41. The van der Waals surface area contributed by atoms with E-state index in [1.54, 1.807) is 0 Å². The Balaban J connectivity index is 2.04. The minimum absolute atomic E-state index is 0.605. The van der Waals surface area contributed by atoms with E-state index in [9.17, 15) is 0 Å². The average Bonchev–Trinajstić information content (AvgIpc) is 2.65. The molecule has 78 valence electrons. The number of nitrogens with one attached hydrogen (secondary N) is 1. The summed E-state index contributed by atoms with van der Waals surface area (Å²) >= 11 is 1.51. The van der Waals surface area contributed by atoms with E-state index >= 15 is 0 Å². The fourth-order valence-corrected chi connectivity index (χ4v) is 2.51. The molecule has 1 N–H and O–H groups in total. The van der Waals surface area contributed by atoms with E-state index in [1.165, 1.54) is 24.4 Å². The van der Waals surface area contributed by atoms with Gasteiger partial charge in [0.1, 0.15) is 5.82 Å². The van der Waals surface area contributed by atoms with Crippen molar-refractivity contribution in [2.45, 2.75) is 25.8 Å². The minimum atomic E-state index is 0.605. The molecule has 2 heterocycles. The van der Waals surface area contributed by atoms with Crippen LogP contribution in [-0.4, -0.2) is 35.5 Å². The number of likely N-dealkylation sites (N-methyl/N-ethyl adjacent to an activating group) is 1. The van der Waals surface area contributed by atoms with E-state index in [4.69, 9.17) is 0 Å². The maximum absolute atomic E-state index is 4.41. The van der Waals surface area contributed by atoms with Gasteiger partial charge in [-0.1, -0.05) is 0 Å². The van der Waals surface area contributed by atoms with Crippen molar-refractivity contribution >= 4 is 16.7 Å². The van der Waals surface area contributed by atoms with Gasteiger partial charge in [0.2, 0.25) is 5.13 Å². The standard InChI is InChI=1S/C9H16N4S/c1-7-11-9(14-12-7)13-5-3-4-8(6-13)10-2/h8,10H,3-6H2,1-2H3. The fourth-order valence-electron chi connectivity index (χ4n) is 1.80. The zero-order valence-electron chi connectivity index (χ0n) is 8.66. The first-order valence-electron chi connectivity index (χ1n) is 5.02. The summed E-state index contributed by atoms with van der Waals surface area (Å²) in [6, 6.07) is 0.605. The first-order chi connectivity index (χ1) is 6.79. The van der Waals surface area contributed by atoms with Crippen LogP contribution in [0.25, 0.3) is 0 Å². The number of aryl methyl sites for hydroxylation is 1. The van der Waals surface area contributed by atoms with Crippen LogP contribution in [0.2, 0.25) is 0 Å². The lowest BCUT2D eigenvalue weighted by atomic mass is 10.1. The van der Waals surface area contributed by atoms with E-state index in [2.05, 4.69) is 19.6 Å². The summed E-state index contributed by atoms with van der Waals surface area (Å²) in [6.07, 6.45) is 2.51. The number of aromatic nitrogens is 2. The van der Waals surface area contributed by atoms with Crippen molar-refractivity contribution < 1.29 is 0 Å². The summed E-state index contributed by atoms with van der Waals surface area (Å²) < 4.78 is 4.21. The molecule has 2 rings (SSSR count). The predicted octanol–water partition coefficient (Wildman–Crippen LogP) is 1.03. The van der Waals surface area contributed by atoms with Gasteiger partial charge in [-0.2, -0.15) is 4.37 Å². The second kappa shape index (κ2) is 4.23. The van der Waals surface area contributed by atoms with Crippen LogP contribution in [0.3, 0.4) is 0 Å². The first kappa shape index (κ1) is 9.86. The van der Waals surface area contributed by atoms with Crippen molar-refractivity contribution in [1.29, 1.82) is 0 Å². The van der Waals surface area contributed by atoms with Crippen molar-refractivity contribution in [1.82, 2.24) is 14.7 Å². The molecular weight excluding hydrogens is 196 g/mol. The van der Waals surface area contributed by atoms with Gasteiger partial charge in [-0.25, -0.2) is 4.98 Å². The van der Waals surface area contributed by atoms with E-state index in [0.717, 1.165) is 24.0 Å². The number of nitrogens with zero attached hydrogens (tertiary/aromatic N) is 3. The molecule has 1 aromatic rings. The van der Waals surface area contributed by atoms with Crippen molar-refractivity contribution in [2.75, 3.05) is 25.0 Å². The molecule has 0 amide bonds. The Bertz CT molecular complexity index is 299. The van der Waals surface area contributed by atoms with Gasteiger partial charge in [0, 0.05) is 30.7 Å². The summed E-state index contributed by atoms with van der Waals surface area (Å²) in [7, 11) is 2.03. The number of anilines is 1. The molecule has 1 unspecified atom stereocenters. The summed E-state index contributed by atoms with van der Waals surface area (Å²) in [5.74, 6) is 0.886. The van der Waals surface area contributed by atoms with Crippen LogP contribution in [0.4, 0.5) is 5.13 Å². The SMILES string of the molecule is CNC1CCCN(c2nc(C)ns2)C1. The van der Waals surface area contributed by atoms with Gasteiger partial charge in [0.05, 0.1) is 0 Å². The van der Waals surface area contributed by atoms with Crippen LogP contribution in [0.5, 0.6) is 0 Å². The van der Waals surface area contributed by atoms with E-state index in [0.29, 0.717) is 6.04 Å². The molecule has 0 spiro atoms. The first-order valence-corrected chi connectivity index (χ1v) is 5.79. The average molecular weight is 212 g/mol. The fraction of sp³-hybridized carbons (Fsp3) is 0.778. The van der Waals surface area contributed by atoms with E-state index in [1.807, 2.05) is 14.0 Å². The Hall–Kier alpha value is -0.680. The number of rotatable bonds is 2. The highest BCUT2D eigenvalue weighted by Crippen LogP contribution is 2.21. The Morgan fingerprint density at radius 2 is 2.43 bits per heavy atom. The molecular formula is C9H16N4S. The molecule has 1 atom stereocenters. The third-order valence-electron chi connectivity index (χ3n) is 2.62. The maximum Gasteiger partial charge on any atom is 0.205 e. The van der Waals surface area contributed by atoms with Crippen molar-refractivity contribution in [3.8, 4) is 0 Å². The topological polar surface area (TPSA) is 41.0 Å². The monoisotopic (exact) mass is 212 g/mol. The molecule has 1 aliphatic rings. The molecule has 1 saturated heterocycles. The zero-order chi connectivity index (χ0) is 9.97. The summed E-state index contributed by atoms with van der Waals surface area (Å²) in [5.41, 5.74) is 0. The second-order valence-electron chi connectivity index (χ2n) is 3.70. The molecule has 0 aromatic carbocycles. The van der Waals surface area contributed by atoms with Crippen LogP contribution < -0.4 is 10.2 Å². The Kier molecular flexibility index (Phi) is 2.98. The number of hydrogen-bond acceptors (Lipinski definition) is 5. The predicted molar refractivity (Wildman–Crippen MR) is 58.9 cm³/mol. The van der Waals surface area contributed by atoms with E-state index < -0.39 is 0 Å². The number of piperidine rings is 1. The highest BCUT2D eigenvalue weighted by molar-refractivity contribution is 7.09. The third kappa shape index (κ3) is 2.04. The van der Waals surface area contributed by atoms with Gasteiger partial charge in [0.15, 0.2) is 0 Å². The zero-order valence-corrected chi connectivity index (χ0v) is 9.47.